The van der Waals surface area contributed by atoms with Gasteiger partial charge in [-0.2, -0.15) is 5.10 Å². The van der Waals surface area contributed by atoms with Crippen LogP contribution in [0.25, 0.3) is 0 Å². The number of halogens is 1. The smallest absolute Gasteiger partial charge is 0.256 e. The number of aromatic amines is 1. The first-order valence-corrected chi connectivity index (χ1v) is 6.71. The van der Waals surface area contributed by atoms with E-state index < -0.39 is 0 Å². The van der Waals surface area contributed by atoms with E-state index in [-0.39, 0.29) is 11.8 Å². The maximum atomic E-state index is 12.0. The maximum Gasteiger partial charge on any atom is 0.256 e. The van der Waals surface area contributed by atoms with Gasteiger partial charge < -0.3 is 10.6 Å². The van der Waals surface area contributed by atoms with Gasteiger partial charge in [0.15, 0.2) is 0 Å². The number of benzene rings is 1. The third-order valence-electron chi connectivity index (χ3n) is 2.43. The molecule has 0 atom stereocenters. The minimum atomic E-state index is -0.297. The highest BCUT2D eigenvalue weighted by molar-refractivity contribution is 14.1. The monoisotopic (exact) mass is 382 g/mol. The van der Waals surface area contributed by atoms with Crippen LogP contribution in [0.5, 0.6) is 0 Å². The molecule has 20 heavy (non-hydrogen) atoms. The first-order chi connectivity index (χ1) is 9.60. The standard InChI is InChI=1S/C13H11IN4O2/c1-2-11(19)16-9-5-3-8(4-6-9)13(20)17-12-10(14)7-15-18-12/h2-7H,1H2,(H,16,19)(H2,15,17,18,20). The lowest BCUT2D eigenvalue weighted by Gasteiger charge is -2.05. The largest absolute Gasteiger partial charge is 0.323 e. The Hall–Kier alpha value is -2.16. The third-order valence-corrected chi connectivity index (χ3v) is 3.25. The maximum absolute atomic E-state index is 12.0. The second-order valence-corrected chi connectivity index (χ2v) is 4.98. The van der Waals surface area contributed by atoms with Crippen LogP contribution in [0, 0.1) is 3.57 Å². The van der Waals surface area contributed by atoms with E-state index in [0.29, 0.717) is 17.1 Å². The molecule has 0 saturated carbocycles. The summed E-state index contributed by atoms with van der Waals surface area (Å²) in [4.78, 5) is 23.1. The van der Waals surface area contributed by atoms with Gasteiger partial charge in [0.1, 0.15) is 5.82 Å². The van der Waals surface area contributed by atoms with Gasteiger partial charge in [0.25, 0.3) is 5.91 Å². The van der Waals surface area contributed by atoms with E-state index >= 15 is 0 Å². The predicted molar refractivity (Wildman–Crippen MR) is 84.5 cm³/mol. The Morgan fingerprint density at radius 1 is 1.25 bits per heavy atom. The van der Waals surface area contributed by atoms with Crippen LogP contribution in [0.4, 0.5) is 11.5 Å². The first kappa shape index (κ1) is 14.3. The van der Waals surface area contributed by atoms with E-state index in [9.17, 15) is 9.59 Å². The number of anilines is 2. The molecular formula is C13H11IN4O2. The molecule has 1 aromatic carbocycles. The highest BCUT2D eigenvalue weighted by atomic mass is 127. The fourth-order valence-electron chi connectivity index (χ4n) is 1.44. The van der Waals surface area contributed by atoms with Crippen LogP contribution in [-0.4, -0.2) is 22.0 Å². The van der Waals surface area contributed by atoms with Crippen LogP contribution >= 0.6 is 22.6 Å². The van der Waals surface area contributed by atoms with Crippen LogP contribution in [0.2, 0.25) is 0 Å². The molecule has 1 aromatic heterocycles. The zero-order chi connectivity index (χ0) is 14.5. The van der Waals surface area contributed by atoms with Crippen LogP contribution in [0.15, 0.2) is 43.1 Å². The van der Waals surface area contributed by atoms with E-state index in [1.165, 1.54) is 6.08 Å². The third kappa shape index (κ3) is 3.44. The highest BCUT2D eigenvalue weighted by Crippen LogP contribution is 2.15. The van der Waals surface area contributed by atoms with E-state index in [0.717, 1.165) is 3.57 Å². The quantitative estimate of drug-likeness (QED) is 0.561. The Bertz CT molecular complexity index is 649. The van der Waals surface area contributed by atoms with Crippen LogP contribution < -0.4 is 10.6 Å². The molecule has 0 spiro atoms. The van der Waals surface area contributed by atoms with E-state index in [1.807, 2.05) is 0 Å². The molecule has 3 N–H and O–H groups in total. The number of carbonyl (C=O) groups is 2. The molecule has 102 valence electrons. The predicted octanol–water partition coefficient (Wildman–Crippen LogP) is 2.39. The Kier molecular flexibility index (Phi) is 4.51. The van der Waals surface area contributed by atoms with Gasteiger partial charge in [-0.1, -0.05) is 6.58 Å². The zero-order valence-electron chi connectivity index (χ0n) is 10.3. The van der Waals surface area contributed by atoms with Gasteiger partial charge >= 0.3 is 0 Å². The summed E-state index contributed by atoms with van der Waals surface area (Å²) >= 11 is 2.07. The average Bonchev–Trinajstić information content (AvgIpc) is 2.85. The minimum Gasteiger partial charge on any atom is -0.323 e. The van der Waals surface area contributed by atoms with Crippen molar-refractivity contribution in [2.45, 2.75) is 0 Å². The lowest BCUT2D eigenvalue weighted by atomic mass is 10.2. The van der Waals surface area contributed by atoms with Gasteiger partial charge in [-0.25, -0.2) is 0 Å². The van der Waals surface area contributed by atoms with Crippen molar-refractivity contribution in [1.82, 2.24) is 10.2 Å². The molecule has 0 bridgehead atoms. The van der Waals surface area contributed by atoms with Gasteiger partial charge in [0.2, 0.25) is 5.91 Å². The minimum absolute atomic E-state index is 0.256. The lowest BCUT2D eigenvalue weighted by molar-refractivity contribution is -0.111. The Morgan fingerprint density at radius 3 is 2.50 bits per heavy atom. The molecule has 6 nitrogen and oxygen atoms in total. The van der Waals surface area contributed by atoms with Gasteiger partial charge in [0, 0.05) is 11.3 Å². The molecule has 7 heteroatoms. The molecular weight excluding hydrogens is 371 g/mol. The van der Waals surface area contributed by atoms with Crippen molar-refractivity contribution >= 4 is 45.9 Å². The van der Waals surface area contributed by atoms with E-state index in [4.69, 9.17) is 0 Å². The molecule has 0 radical (unpaired) electrons. The van der Waals surface area contributed by atoms with Crippen molar-refractivity contribution in [3.63, 3.8) is 0 Å². The zero-order valence-corrected chi connectivity index (χ0v) is 12.5. The van der Waals surface area contributed by atoms with Gasteiger partial charge in [-0.15, -0.1) is 0 Å². The lowest BCUT2D eigenvalue weighted by Crippen LogP contribution is -2.13. The normalized spacial score (nSPS) is 9.85. The van der Waals surface area contributed by atoms with Crippen LogP contribution in [0.1, 0.15) is 10.4 Å². The molecule has 0 aliphatic rings. The number of hydrogen-bond acceptors (Lipinski definition) is 3. The summed E-state index contributed by atoms with van der Waals surface area (Å²) in [5.41, 5.74) is 1.08. The molecule has 2 aromatic rings. The molecule has 2 amide bonds. The summed E-state index contributed by atoms with van der Waals surface area (Å²) in [6.45, 7) is 3.37. The molecule has 0 saturated heterocycles. The molecule has 0 aliphatic heterocycles. The molecule has 0 fully saturated rings. The number of H-pyrrole nitrogens is 1. The Morgan fingerprint density at radius 2 is 1.95 bits per heavy atom. The van der Waals surface area contributed by atoms with Gasteiger partial charge in [0.05, 0.1) is 9.77 Å². The number of nitrogens with zero attached hydrogens (tertiary/aromatic N) is 1. The van der Waals surface area contributed by atoms with Gasteiger partial charge in [-0.05, 0) is 52.9 Å². The fourth-order valence-corrected chi connectivity index (χ4v) is 1.84. The first-order valence-electron chi connectivity index (χ1n) is 5.64. The van der Waals surface area contributed by atoms with Crippen LogP contribution in [0.3, 0.4) is 0 Å². The molecule has 0 unspecified atom stereocenters. The second kappa shape index (κ2) is 6.33. The van der Waals surface area contributed by atoms with E-state index in [2.05, 4.69) is 50.0 Å². The van der Waals surface area contributed by atoms with Crippen molar-refractivity contribution in [3.05, 3.63) is 52.3 Å². The number of rotatable bonds is 4. The summed E-state index contributed by atoms with van der Waals surface area (Å²) in [6, 6.07) is 6.54. The number of aromatic nitrogens is 2. The van der Waals surface area contributed by atoms with Crippen molar-refractivity contribution in [2.24, 2.45) is 0 Å². The van der Waals surface area contributed by atoms with Crippen molar-refractivity contribution < 1.29 is 9.59 Å². The van der Waals surface area contributed by atoms with Crippen LogP contribution in [-0.2, 0) is 4.79 Å². The summed E-state index contributed by atoms with van der Waals surface area (Å²) in [5, 5.41) is 11.8. The van der Waals surface area contributed by atoms with E-state index in [1.54, 1.807) is 30.5 Å². The van der Waals surface area contributed by atoms with Crippen molar-refractivity contribution in [1.29, 1.82) is 0 Å². The van der Waals surface area contributed by atoms with Crippen molar-refractivity contribution in [2.75, 3.05) is 10.6 Å². The Balaban J connectivity index is 2.06. The van der Waals surface area contributed by atoms with Crippen molar-refractivity contribution in [3.8, 4) is 0 Å². The SMILES string of the molecule is C=CC(=O)Nc1ccc(C(=O)Nc2[nH]ncc2I)cc1. The molecule has 0 aliphatic carbocycles. The van der Waals surface area contributed by atoms with Gasteiger partial charge in [-0.3, -0.25) is 14.7 Å². The number of hydrogen-bond donors (Lipinski definition) is 3. The summed E-state index contributed by atoms with van der Waals surface area (Å²) in [6.07, 6.45) is 2.80. The molecule has 1 heterocycles. The summed E-state index contributed by atoms with van der Waals surface area (Å²) in [7, 11) is 0. The number of nitrogens with one attached hydrogen (secondary N) is 3. The number of amides is 2. The number of carbonyl (C=O) groups excluding carboxylic acids is 2. The Labute approximate surface area is 128 Å². The highest BCUT2D eigenvalue weighted by Gasteiger charge is 2.09. The summed E-state index contributed by atoms with van der Waals surface area (Å²) < 4.78 is 0.825. The topological polar surface area (TPSA) is 86.9 Å². The molecule has 2 rings (SSSR count). The summed E-state index contributed by atoms with van der Waals surface area (Å²) in [5.74, 6) is 0.00242. The average molecular weight is 382 g/mol. The fraction of sp³-hybridized carbons (Fsp3) is 0. The second-order valence-electron chi connectivity index (χ2n) is 3.82.